The molecule has 0 saturated heterocycles. The van der Waals surface area contributed by atoms with Crippen molar-refractivity contribution >= 4 is 15.7 Å². The summed E-state index contributed by atoms with van der Waals surface area (Å²) in [7, 11) is -1.38. The number of rotatable bonds is 6. The summed E-state index contributed by atoms with van der Waals surface area (Å²) in [6, 6.07) is 8.56. The molecule has 3 rings (SSSR count). The van der Waals surface area contributed by atoms with Gasteiger partial charge in [-0.2, -0.15) is 0 Å². The molecule has 2 aliphatic rings. The fourth-order valence-corrected chi connectivity index (χ4v) is 5.86. The fourth-order valence-electron chi connectivity index (χ4n) is 4.14. The first-order chi connectivity index (χ1) is 12.4. The summed E-state index contributed by atoms with van der Waals surface area (Å²) in [5, 5.41) is 0. The molecule has 144 valence electrons. The molecule has 1 aromatic rings. The van der Waals surface area contributed by atoms with E-state index >= 15 is 0 Å². The minimum Gasteiger partial charge on any atom is -0.341 e. The van der Waals surface area contributed by atoms with Gasteiger partial charge in [0.25, 0.3) is 0 Å². The Balaban J connectivity index is 1.51. The third-order valence-corrected chi connectivity index (χ3v) is 8.11. The largest absolute Gasteiger partial charge is 0.341 e. The van der Waals surface area contributed by atoms with E-state index in [0.29, 0.717) is 10.9 Å². The Morgan fingerprint density at radius 2 is 1.73 bits per heavy atom. The van der Waals surface area contributed by atoms with Crippen LogP contribution in [0, 0.1) is 11.8 Å². The lowest BCUT2D eigenvalue weighted by atomic mass is 9.78. The summed E-state index contributed by atoms with van der Waals surface area (Å²) in [4.78, 5) is 14.8. The summed E-state index contributed by atoms with van der Waals surface area (Å²) in [6.07, 6.45) is 6.67. The van der Waals surface area contributed by atoms with Gasteiger partial charge in [-0.3, -0.25) is 4.79 Å². The van der Waals surface area contributed by atoms with Crippen LogP contribution < -0.4 is 5.73 Å². The predicted octanol–water partition coefficient (Wildman–Crippen LogP) is 2.60. The molecule has 0 radical (unpaired) electrons. The molecule has 26 heavy (non-hydrogen) atoms. The highest BCUT2D eigenvalue weighted by Gasteiger charge is 2.35. The van der Waals surface area contributed by atoms with Crippen LogP contribution in [0.2, 0.25) is 0 Å². The van der Waals surface area contributed by atoms with Crippen LogP contribution >= 0.6 is 0 Å². The fraction of sp³-hybridized carbons (Fsp3) is 0.650. The predicted molar refractivity (Wildman–Crippen MR) is 102 cm³/mol. The van der Waals surface area contributed by atoms with E-state index in [0.717, 1.165) is 38.5 Å². The number of sulfone groups is 1. The first-order valence-corrected chi connectivity index (χ1v) is 11.3. The second kappa shape index (κ2) is 8.09. The minimum absolute atomic E-state index is 0.0510. The molecule has 0 spiro atoms. The molecule has 2 fully saturated rings. The maximum Gasteiger partial charge on any atom is 0.239 e. The van der Waals surface area contributed by atoms with Gasteiger partial charge in [-0.1, -0.05) is 18.2 Å². The molecular weight excluding hydrogens is 348 g/mol. The second-order valence-corrected chi connectivity index (χ2v) is 9.97. The third-order valence-electron chi connectivity index (χ3n) is 6.21. The smallest absolute Gasteiger partial charge is 0.239 e. The number of nitrogens with zero attached hydrogens (tertiary/aromatic N) is 1. The van der Waals surface area contributed by atoms with Crippen LogP contribution in [-0.2, 0) is 14.6 Å². The number of hydrogen-bond donors (Lipinski definition) is 1. The van der Waals surface area contributed by atoms with Gasteiger partial charge in [-0.15, -0.1) is 0 Å². The molecule has 0 unspecified atom stereocenters. The van der Waals surface area contributed by atoms with Crippen molar-refractivity contribution in [2.75, 3.05) is 12.8 Å². The van der Waals surface area contributed by atoms with Gasteiger partial charge in [0.05, 0.1) is 16.7 Å². The number of benzene rings is 1. The highest BCUT2D eigenvalue weighted by atomic mass is 32.2. The van der Waals surface area contributed by atoms with Crippen molar-refractivity contribution in [2.45, 2.75) is 61.9 Å². The van der Waals surface area contributed by atoms with Crippen molar-refractivity contribution in [3.05, 3.63) is 30.3 Å². The number of hydrogen-bond acceptors (Lipinski definition) is 4. The van der Waals surface area contributed by atoms with E-state index in [1.54, 1.807) is 24.3 Å². The van der Waals surface area contributed by atoms with Crippen molar-refractivity contribution < 1.29 is 13.2 Å². The normalized spacial score (nSPS) is 25.3. The Hall–Kier alpha value is -1.40. The number of carbonyl (C=O) groups is 1. The summed E-state index contributed by atoms with van der Waals surface area (Å²) >= 11 is 0. The number of nitrogens with two attached hydrogens (primary N) is 1. The van der Waals surface area contributed by atoms with Crippen molar-refractivity contribution in [1.82, 2.24) is 4.90 Å². The molecule has 1 amide bonds. The second-order valence-electron chi connectivity index (χ2n) is 7.93. The Bertz CT molecular complexity index is 708. The van der Waals surface area contributed by atoms with Crippen LogP contribution in [0.25, 0.3) is 0 Å². The lowest BCUT2D eigenvalue weighted by Gasteiger charge is -2.38. The van der Waals surface area contributed by atoms with Gasteiger partial charge >= 0.3 is 0 Å². The molecule has 0 aromatic heterocycles. The molecule has 5 nitrogen and oxygen atoms in total. The number of likely N-dealkylation sites (N-methyl/N-ethyl adjacent to an activating group) is 1. The van der Waals surface area contributed by atoms with Crippen molar-refractivity contribution in [2.24, 2.45) is 17.6 Å². The van der Waals surface area contributed by atoms with Gasteiger partial charge in [-0.25, -0.2) is 8.42 Å². The summed E-state index contributed by atoms with van der Waals surface area (Å²) in [5.74, 6) is 0.563. The Kier molecular flexibility index (Phi) is 6.03. The molecule has 0 heterocycles. The standard InChI is InChI=1S/C20H30N2O3S/c1-22(17-6-5-7-17)20(23)19(21)16-12-10-15(11-13-16)14-26(24,25)18-8-3-2-4-9-18/h2-4,8-9,15-17,19H,5-7,10-14,21H2,1H3/t15?,16?,19-/m0/s1. The van der Waals surface area contributed by atoms with E-state index in [-0.39, 0.29) is 23.5 Å². The lowest BCUT2D eigenvalue weighted by Crippen LogP contribution is -2.52. The SMILES string of the molecule is CN(C(=O)[C@@H](N)C1CCC(CS(=O)(=O)c2ccccc2)CC1)C1CCC1. The average molecular weight is 379 g/mol. The molecule has 2 saturated carbocycles. The van der Waals surface area contributed by atoms with Crippen LogP contribution in [-0.4, -0.2) is 44.1 Å². The van der Waals surface area contributed by atoms with Crippen LogP contribution in [0.1, 0.15) is 44.9 Å². The summed E-state index contributed by atoms with van der Waals surface area (Å²) < 4.78 is 25.1. The van der Waals surface area contributed by atoms with Crippen molar-refractivity contribution in [3.63, 3.8) is 0 Å². The van der Waals surface area contributed by atoms with Crippen LogP contribution in [0.15, 0.2) is 35.2 Å². The van der Waals surface area contributed by atoms with Crippen LogP contribution in [0.5, 0.6) is 0 Å². The lowest BCUT2D eigenvalue weighted by molar-refractivity contribution is -0.136. The molecular formula is C20H30N2O3S. The maximum atomic E-state index is 12.6. The molecule has 0 aliphatic heterocycles. The van der Waals surface area contributed by atoms with Crippen LogP contribution in [0.3, 0.4) is 0 Å². The van der Waals surface area contributed by atoms with E-state index < -0.39 is 15.9 Å². The Morgan fingerprint density at radius 3 is 2.27 bits per heavy atom. The zero-order valence-corrected chi connectivity index (χ0v) is 16.3. The topological polar surface area (TPSA) is 80.5 Å². The maximum absolute atomic E-state index is 12.6. The van der Waals surface area contributed by atoms with Crippen molar-refractivity contribution in [3.8, 4) is 0 Å². The van der Waals surface area contributed by atoms with E-state index in [9.17, 15) is 13.2 Å². The molecule has 2 aliphatic carbocycles. The van der Waals surface area contributed by atoms with E-state index in [1.807, 2.05) is 18.0 Å². The van der Waals surface area contributed by atoms with E-state index in [2.05, 4.69) is 0 Å². The zero-order valence-electron chi connectivity index (χ0n) is 15.5. The monoisotopic (exact) mass is 378 g/mol. The van der Waals surface area contributed by atoms with Gasteiger partial charge in [-0.05, 0) is 68.9 Å². The molecule has 2 N–H and O–H groups in total. The quantitative estimate of drug-likeness (QED) is 0.825. The van der Waals surface area contributed by atoms with Gasteiger partial charge < -0.3 is 10.6 Å². The molecule has 0 bridgehead atoms. The first-order valence-electron chi connectivity index (χ1n) is 9.68. The van der Waals surface area contributed by atoms with Gasteiger partial charge in [0.1, 0.15) is 0 Å². The molecule has 6 heteroatoms. The van der Waals surface area contributed by atoms with Crippen molar-refractivity contribution in [1.29, 1.82) is 0 Å². The number of carbonyl (C=O) groups excluding carboxylic acids is 1. The van der Waals surface area contributed by atoms with Gasteiger partial charge in [0.15, 0.2) is 9.84 Å². The third kappa shape index (κ3) is 4.29. The molecule has 1 atom stereocenters. The van der Waals surface area contributed by atoms with E-state index in [1.165, 1.54) is 6.42 Å². The average Bonchev–Trinajstić information content (AvgIpc) is 2.60. The molecule has 1 aromatic carbocycles. The van der Waals surface area contributed by atoms with Gasteiger partial charge in [0.2, 0.25) is 5.91 Å². The Morgan fingerprint density at radius 1 is 1.12 bits per heavy atom. The highest BCUT2D eigenvalue weighted by Crippen LogP contribution is 2.33. The Labute approximate surface area is 156 Å². The summed E-state index contributed by atoms with van der Waals surface area (Å²) in [5.41, 5.74) is 6.26. The highest BCUT2D eigenvalue weighted by molar-refractivity contribution is 7.91. The van der Waals surface area contributed by atoms with Gasteiger partial charge in [0, 0.05) is 13.1 Å². The van der Waals surface area contributed by atoms with Crippen LogP contribution in [0.4, 0.5) is 0 Å². The first kappa shape index (κ1) is 19.4. The zero-order chi connectivity index (χ0) is 18.7. The van der Waals surface area contributed by atoms with E-state index in [4.69, 9.17) is 5.73 Å². The minimum atomic E-state index is -3.24. The number of amides is 1. The summed E-state index contributed by atoms with van der Waals surface area (Å²) in [6.45, 7) is 0.